The number of thiophene rings is 1. The molecule has 27 heavy (non-hydrogen) atoms. The average molecular weight is 387 g/mol. The summed E-state index contributed by atoms with van der Waals surface area (Å²) in [5.41, 5.74) is 5.96. The fraction of sp³-hybridized carbons (Fsp3) is 0.222. The monoisotopic (exact) mass is 387 g/mol. The second kappa shape index (κ2) is 7.58. The van der Waals surface area contributed by atoms with Crippen LogP contribution in [0.15, 0.2) is 29.1 Å². The normalized spacial score (nSPS) is 10.7. The number of nitrogens with two attached hydrogens (primary N) is 1. The SMILES string of the molecule is Cc1sc2nc(COC(=O)c3ccc(OCC(N)=O)cc3)[nH]c(=O)c2c1C. The van der Waals surface area contributed by atoms with Crippen LogP contribution in [0.1, 0.15) is 26.6 Å². The van der Waals surface area contributed by atoms with Crippen molar-refractivity contribution in [2.24, 2.45) is 5.73 Å². The first-order chi connectivity index (χ1) is 12.8. The van der Waals surface area contributed by atoms with Gasteiger partial charge >= 0.3 is 5.97 Å². The number of rotatable bonds is 6. The number of aromatic amines is 1. The molecule has 0 radical (unpaired) electrons. The van der Waals surface area contributed by atoms with E-state index in [2.05, 4.69) is 9.97 Å². The minimum Gasteiger partial charge on any atom is -0.484 e. The molecule has 0 fully saturated rings. The number of carbonyl (C=O) groups excluding carboxylic acids is 2. The average Bonchev–Trinajstić information content (AvgIpc) is 2.92. The Bertz CT molecular complexity index is 1070. The number of fused-ring (bicyclic) bond motifs is 1. The predicted octanol–water partition coefficient (Wildman–Crippen LogP) is 1.82. The number of H-pyrrole nitrogens is 1. The van der Waals surface area contributed by atoms with E-state index < -0.39 is 11.9 Å². The zero-order valence-corrected chi connectivity index (χ0v) is 15.5. The van der Waals surface area contributed by atoms with Crippen LogP contribution in [0.3, 0.4) is 0 Å². The van der Waals surface area contributed by atoms with Crippen molar-refractivity contribution >= 4 is 33.4 Å². The van der Waals surface area contributed by atoms with Crippen LogP contribution < -0.4 is 16.0 Å². The quantitative estimate of drug-likeness (QED) is 0.622. The third kappa shape index (κ3) is 4.14. The van der Waals surface area contributed by atoms with Crippen LogP contribution in [-0.2, 0) is 16.1 Å². The number of hydrogen-bond donors (Lipinski definition) is 2. The Kier molecular flexibility index (Phi) is 5.22. The van der Waals surface area contributed by atoms with Gasteiger partial charge < -0.3 is 20.2 Å². The summed E-state index contributed by atoms with van der Waals surface area (Å²) >= 11 is 1.43. The molecule has 2 aromatic heterocycles. The molecule has 1 aromatic carbocycles. The van der Waals surface area contributed by atoms with Crippen LogP contribution in [0, 0.1) is 13.8 Å². The molecule has 0 spiro atoms. The molecule has 3 rings (SSSR count). The highest BCUT2D eigenvalue weighted by Crippen LogP contribution is 2.25. The van der Waals surface area contributed by atoms with Gasteiger partial charge in [0.15, 0.2) is 6.61 Å². The Morgan fingerprint density at radius 3 is 2.59 bits per heavy atom. The molecule has 0 saturated heterocycles. The predicted molar refractivity (Wildman–Crippen MR) is 100.0 cm³/mol. The molecule has 0 unspecified atom stereocenters. The molecule has 2 heterocycles. The molecule has 0 aliphatic carbocycles. The van der Waals surface area contributed by atoms with Crippen LogP contribution in [0.5, 0.6) is 5.75 Å². The summed E-state index contributed by atoms with van der Waals surface area (Å²) < 4.78 is 10.3. The lowest BCUT2D eigenvalue weighted by molar-refractivity contribution is -0.119. The van der Waals surface area contributed by atoms with Crippen molar-refractivity contribution < 1.29 is 19.1 Å². The number of primary amides is 1. The van der Waals surface area contributed by atoms with Gasteiger partial charge in [-0.2, -0.15) is 0 Å². The number of amides is 1. The highest BCUT2D eigenvalue weighted by Gasteiger charge is 2.13. The van der Waals surface area contributed by atoms with Crippen LogP contribution in [0.4, 0.5) is 0 Å². The number of nitrogens with one attached hydrogen (secondary N) is 1. The molecular formula is C18H17N3O5S. The van der Waals surface area contributed by atoms with Gasteiger partial charge in [0.1, 0.15) is 23.0 Å². The van der Waals surface area contributed by atoms with Crippen molar-refractivity contribution in [2.75, 3.05) is 6.61 Å². The molecule has 9 heteroatoms. The molecule has 0 aliphatic heterocycles. The molecule has 0 atom stereocenters. The zero-order chi connectivity index (χ0) is 19.6. The highest BCUT2D eigenvalue weighted by molar-refractivity contribution is 7.18. The van der Waals surface area contributed by atoms with E-state index in [0.29, 0.717) is 21.5 Å². The van der Waals surface area contributed by atoms with Gasteiger partial charge in [-0.05, 0) is 43.7 Å². The zero-order valence-electron chi connectivity index (χ0n) is 14.7. The van der Waals surface area contributed by atoms with Crippen LogP contribution in [0.25, 0.3) is 10.2 Å². The summed E-state index contributed by atoms with van der Waals surface area (Å²) in [5, 5.41) is 0.569. The van der Waals surface area contributed by atoms with Crippen LogP contribution in [0.2, 0.25) is 0 Å². The summed E-state index contributed by atoms with van der Waals surface area (Å²) in [6, 6.07) is 6.07. The minimum absolute atomic E-state index is 0.153. The summed E-state index contributed by atoms with van der Waals surface area (Å²) in [6.07, 6.45) is 0. The van der Waals surface area contributed by atoms with E-state index >= 15 is 0 Å². The third-order valence-corrected chi connectivity index (χ3v) is 5.00. The van der Waals surface area contributed by atoms with Gasteiger partial charge in [-0.3, -0.25) is 9.59 Å². The first kappa shape index (κ1) is 18.6. The summed E-state index contributed by atoms with van der Waals surface area (Å²) in [6.45, 7) is 3.41. The number of carbonyl (C=O) groups is 2. The van der Waals surface area contributed by atoms with E-state index in [1.54, 1.807) is 0 Å². The first-order valence-corrected chi connectivity index (χ1v) is 8.84. The smallest absolute Gasteiger partial charge is 0.338 e. The Labute approximate surface area is 157 Å². The van der Waals surface area contributed by atoms with Gasteiger partial charge in [0.05, 0.1) is 10.9 Å². The van der Waals surface area contributed by atoms with E-state index in [-0.39, 0.29) is 24.6 Å². The van der Waals surface area contributed by atoms with Crippen molar-refractivity contribution in [2.45, 2.75) is 20.5 Å². The van der Waals surface area contributed by atoms with Crippen molar-refractivity contribution in [1.29, 1.82) is 0 Å². The van der Waals surface area contributed by atoms with Crippen LogP contribution in [-0.4, -0.2) is 28.5 Å². The first-order valence-electron chi connectivity index (χ1n) is 8.02. The maximum Gasteiger partial charge on any atom is 0.338 e. The molecule has 0 bridgehead atoms. The number of esters is 1. The molecule has 3 aromatic rings. The summed E-state index contributed by atoms with van der Waals surface area (Å²) in [7, 11) is 0. The molecule has 8 nitrogen and oxygen atoms in total. The molecule has 3 N–H and O–H groups in total. The maximum atomic E-state index is 12.2. The number of benzene rings is 1. The van der Waals surface area contributed by atoms with Crippen molar-refractivity contribution in [1.82, 2.24) is 9.97 Å². The standard InChI is InChI=1S/C18H17N3O5S/c1-9-10(2)27-17-15(9)16(23)20-14(21-17)8-26-18(24)11-3-5-12(6-4-11)25-7-13(19)22/h3-6H,7-8H2,1-2H3,(H2,19,22)(H,20,21,23). The number of hydrogen-bond acceptors (Lipinski definition) is 7. The fourth-order valence-electron chi connectivity index (χ4n) is 2.43. The Balaban J connectivity index is 1.67. The molecule has 1 amide bonds. The third-order valence-electron chi connectivity index (χ3n) is 3.90. The van der Waals surface area contributed by atoms with E-state index in [9.17, 15) is 14.4 Å². The van der Waals surface area contributed by atoms with Crippen LogP contribution >= 0.6 is 11.3 Å². The number of aromatic nitrogens is 2. The maximum absolute atomic E-state index is 12.2. The lowest BCUT2D eigenvalue weighted by atomic mass is 10.2. The van der Waals surface area contributed by atoms with E-state index in [1.165, 1.54) is 35.6 Å². The minimum atomic E-state index is -0.590. The Hall–Kier alpha value is -3.20. The number of ether oxygens (including phenoxy) is 2. The number of nitrogens with zero attached hydrogens (tertiary/aromatic N) is 1. The van der Waals surface area contributed by atoms with Gasteiger partial charge in [-0.1, -0.05) is 0 Å². The lowest BCUT2D eigenvalue weighted by Gasteiger charge is -2.06. The second-order valence-electron chi connectivity index (χ2n) is 5.83. The van der Waals surface area contributed by atoms with Gasteiger partial charge in [0, 0.05) is 4.88 Å². The Morgan fingerprint density at radius 2 is 1.93 bits per heavy atom. The van der Waals surface area contributed by atoms with Crippen molar-refractivity contribution in [3.8, 4) is 5.75 Å². The lowest BCUT2D eigenvalue weighted by Crippen LogP contribution is -2.20. The van der Waals surface area contributed by atoms with E-state index in [4.69, 9.17) is 15.2 Å². The largest absolute Gasteiger partial charge is 0.484 e. The van der Waals surface area contributed by atoms with E-state index in [1.807, 2.05) is 13.8 Å². The van der Waals surface area contributed by atoms with Crippen molar-refractivity contribution in [3.05, 3.63) is 56.4 Å². The van der Waals surface area contributed by atoms with Gasteiger partial charge in [-0.25, -0.2) is 9.78 Å². The molecule has 0 saturated carbocycles. The molecule has 0 aliphatic rings. The highest BCUT2D eigenvalue weighted by atomic mass is 32.1. The molecule has 140 valence electrons. The topological polar surface area (TPSA) is 124 Å². The fourth-order valence-corrected chi connectivity index (χ4v) is 3.48. The van der Waals surface area contributed by atoms with E-state index in [0.717, 1.165) is 10.4 Å². The second-order valence-corrected chi connectivity index (χ2v) is 7.03. The number of aryl methyl sites for hydroxylation is 2. The van der Waals surface area contributed by atoms with Gasteiger partial charge in [0.2, 0.25) is 0 Å². The van der Waals surface area contributed by atoms with Gasteiger partial charge in [-0.15, -0.1) is 11.3 Å². The van der Waals surface area contributed by atoms with Crippen molar-refractivity contribution in [3.63, 3.8) is 0 Å². The summed E-state index contributed by atoms with van der Waals surface area (Å²) in [5.74, 6) is -0.473. The van der Waals surface area contributed by atoms with Gasteiger partial charge in [0.25, 0.3) is 11.5 Å². The Morgan fingerprint density at radius 1 is 1.22 bits per heavy atom. The summed E-state index contributed by atoms with van der Waals surface area (Å²) in [4.78, 5) is 43.7. The molecular weight excluding hydrogens is 370 g/mol.